The molecule has 0 saturated heterocycles. The maximum absolute atomic E-state index is 4.43. The first-order valence-corrected chi connectivity index (χ1v) is 9.00. The molecule has 3 heterocycles. The number of anilines is 2. The number of benzene rings is 2. The van der Waals surface area contributed by atoms with Crippen LogP contribution in [0.5, 0.6) is 0 Å². The highest BCUT2D eigenvalue weighted by Gasteiger charge is 2.07. The van der Waals surface area contributed by atoms with Crippen LogP contribution in [0.4, 0.5) is 11.5 Å². The van der Waals surface area contributed by atoms with Crippen molar-refractivity contribution < 1.29 is 0 Å². The summed E-state index contributed by atoms with van der Waals surface area (Å²) in [6, 6.07) is 16.3. The molecule has 0 atom stereocenters. The summed E-state index contributed by atoms with van der Waals surface area (Å²) >= 11 is 1.63. The fourth-order valence-electron chi connectivity index (χ4n) is 2.94. The molecule has 0 aliphatic carbocycles. The molecule has 5 rings (SSSR count). The standard InChI is InChI=1S/C20H13N5S/c1-2-14(10-21-7-1)13-3-5-16-17(8-13)22-11-23-20(16)25-15-4-6-19-18(9-15)24-12-26-19/h1-12H,(H,22,23,25). The molecule has 0 saturated carbocycles. The summed E-state index contributed by atoms with van der Waals surface area (Å²) in [5.74, 6) is 0.780. The minimum absolute atomic E-state index is 0.780. The van der Waals surface area contributed by atoms with Crippen LogP contribution < -0.4 is 5.32 Å². The van der Waals surface area contributed by atoms with Crippen LogP contribution in [0.15, 0.2) is 72.8 Å². The minimum Gasteiger partial charge on any atom is -0.340 e. The largest absolute Gasteiger partial charge is 0.340 e. The summed E-state index contributed by atoms with van der Waals surface area (Å²) in [6.45, 7) is 0. The average molecular weight is 355 g/mol. The van der Waals surface area contributed by atoms with Crippen LogP contribution in [0, 0.1) is 0 Å². The molecule has 1 N–H and O–H groups in total. The Morgan fingerprint density at radius 3 is 2.77 bits per heavy atom. The van der Waals surface area contributed by atoms with Gasteiger partial charge >= 0.3 is 0 Å². The number of hydrogen-bond acceptors (Lipinski definition) is 6. The maximum Gasteiger partial charge on any atom is 0.141 e. The molecule has 124 valence electrons. The Labute approximate surface area is 153 Å². The van der Waals surface area contributed by atoms with E-state index in [1.807, 2.05) is 42.0 Å². The second-order valence-corrected chi connectivity index (χ2v) is 6.74. The Kier molecular flexibility index (Phi) is 3.54. The lowest BCUT2D eigenvalue weighted by atomic mass is 10.1. The number of rotatable bonds is 3. The van der Waals surface area contributed by atoms with Crippen LogP contribution in [0.25, 0.3) is 32.2 Å². The molecule has 26 heavy (non-hydrogen) atoms. The van der Waals surface area contributed by atoms with Gasteiger partial charge in [0.05, 0.1) is 21.2 Å². The highest BCUT2D eigenvalue weighted by Crippen LogP contribution is 2.29. The molecule has 0 amide bonds. The number of hydrogen-bond donors (Lipinski definition) is 1. The fraction of sp³-hybridized carbons (Fsp3) is 0. The SMILES string of the molecule is c1cncc(-c2ccc3c(Nc4ccc5scnc5c4)ncnc3c2)c1. The van der Waals surface area contributed by atoms with Gasteiger partial charge in [0.1, 0.15) is 12.1 Å². The summed E-state index contributed by atoms with van der Waals surface area (Å²) in [5.41, 5.74) is 6.83. The van der Waals surface area contributed by atoms with E-state index < -0.39 is 0 Å². The van der Waals surface area contributed by atoms with Crippen molar-refractivity contribution >= 4 is 44.0 Å². The van der Waals surface area contributed by atoms with Gasteiger partial charge in [-0.2, -0.15) is 0 Å². The van der Waals surface area contributed by atoms with E-state index in [9.17, 15) is 0 Å². The number of aromatic nitrogens is 4. The van der Waals surface area contributed by atoms with Crippen LogP contribution in [0.2, 0.25) is 0 Å². The van der Waals surface area contributed by atoms with Crippen molar-refractivity contribution in [3.05, 3.63) is 72.8 Å². The van der Waals surface area contributed by atoms with Crippen LogP contribution >= 0.6 is 11.3 Å². The topological polar surface area (TPSA) is 63.6 Å². The van der Waals surface area contributed by atoms with Gasteiger partial charge in [0.2, 0.25) is 0 Å². The molecule has 2 aromatic carbocycles. The first-order valence-electron chi connectivity index (χ1n) is 8.12. The van der Waals surface area contributed by atoms with Crippen molar-refractivity contribution in [3.63, 3.8) is 0 Å². The van der Waals surface area contributed by atoms with Gasteiger partial charge in [0.25, 0.3) is 0 Å². The monoisotopic (exact) mass is 355 g/mol. The third kappa shape index (κ3) is 2.66. The van der Waals surface area contributed by atoms with E-state index in [1.165, 1.54) is 4.70 Å². The molecule has 5 nitrogen and oxygen atoms in total. The van der Waals surface area contributed by atoms with Gasteiger partial charge in [0, 0.05) is 29.0 Å². The molecule has 0 fully saturated rings. The van der Waals surface area contributed by atoms with Gasteiger partial charge in [-0.05, 0) is 42.0 Å². The number of nitrogens with zero attached hydrogens (tertiary/aromatic N) is 4. The third-order valence-corrected chi connectivity index (χ3v) is 5.03. The van der Waals surface area contributed by atoms with Crippen LogP contribution in [-0.4, -0.2) is 19.9 Å². The quantitative estimate of drug-likeness (QED) is 0.491. The van der Waals surface area contributed by atoms with Crippen molar-refractivity contribution in [2.24, 2.45) is 0 Å². The minimum atomic E-state index is 0.780. The second-order valence-electron chi connectivity index (χ2n) is 5.86. The van der Waals surface area contributed by atoms with Gasteiger partial charge in [-0.15, -0.1) is 11.3 Å². The normalized spacial score (nSPS) is 11.1. The van der Waals surface area contributed by atoms with Crippen LogP contribution in [0.3, 0.4) is 0 Å². The first kappa shape index (κ1) is 14.9. The summed E-state index contributed by atoms with van der Waals surface area (Å²) in [6.07, 6.45) is 5.21. The van der Waals surface area contributed by atoms with Crippen molar-refractivity contribution in [2.45, 2.75) is 0 Å². The highest BCUT2D eigenvalue weighted by atomic mass is 32.1. The van der Waals surface area contributed by atoms with E-state index in [-0.39, 0.29) is 0 Å². The molecule has 0 unspecified atom stereocenters. The van der Waals surface area contributed by atoms with Crippen molar-refractivity contribution in [3.8, 4) is 11.1 Å². The molecule has 0 radical (unpaired) electrons. The zero-order valence-corrected chi connectivity index (χ0v) is 14.4. The highest BCUT2D eigenvalue weighted by molar-refractivity contribution is 7.16. The molecule has 5 aromatic rings. The summed E-state index contributed by atoms with van der Waals surface area (Å²) in [5, 5.41) is 4.36. The Hall–Kier alpha value is -3.38. The molecular weight excluding hydrogens is 342 g/mol. The first-order chi connectivity index (χ1) is 12.9. The second kappa shape index (κ2) is 6.16. The fourth-order valence-corrected chi connectivity index (χ4v) is 3.60. The predicted octanol–water partition coefficient (Wildman–Crippen LogP) is 5.05. The van der Waals surface area contributed by atoms with Gasteiger partial charge < -0.3 is 5.32 Å². The number of nitrogens with one attached hydrogen (secondary N) is 1. The Morgan fingerprint density at radius 2 is 1.85 bits per heavy atom. The Morgan fingerprint density at radius 1 is 0.846 bits per heavy atom. The smallest absolute Gasteiger partial charge is 0.141 e. The van der Waals surface area contributed by atoms with E-state index in [1.54, 1.807) is 23.9 Å². The summed E-state index contributed by atoms with van der Waals surface area (Å²) in [7, 11) is 0. The maximum atomic E-state index is 4.43. The third-order valence-electron chi connectivity index (χ3n) is 4.22. The Balaban J connectivity index is 1.55. The van der Waals surface area contributed by atoms with E-state index in [2.05, 4.69) is 43.5 Å². The van der Waals surface area contributed by atoms with Gasteiger partial charge in [0.15, 0.2) is 0 Å². The lowest BCUT2D eigenvalue weighted by molar-refractivity contribution is 1.22. The number of fused-ring (bicyclic) bond motifs is 2. The molecule has 3 aromatic heterocycles. The van der Waals surface area contributed by atoms with E-state index in [0.717, 1.165) is 39.1 Å². The van der Waals surface area contributed by atoms with E-state index in [4.69, 9.17) is 0 Å². The molecule has 0 aliphatic heterocycles. The van der Waals surface area contributed by atoms with Crippen molar-refractivity contribution in [2.75, 3.05) is 5.32 Å². The molecular formula is C20H13N5S. The summed E-state index contributed by atoms with van der Waals surface area (Å²) < 4.78 is 1.17. The average Bonchev–Trinajstić information content (AvgIpc) is 3.16. The summed E-state index contributed by atoms with van der Waals surface area (Å²) in [4.78, 5) is 17.4. The molecule has 0 spiro atoms. The van der Waals surface area contributed by atoms with Crippen LogP contribution in [-0.2, 0) is 0 Å². The zero-order valence-electron chi connectivity index (χ0n) is 13.6. The van der Waals surface area contributed by atoms with Crippen molar-refractivity contribution in [1.29, 1.82) is 0 Å². The molecule has 6 heteroatoms. The Bertz CT molecular complexity index is 1220. The number of pyridine rings is 1. The van der Waals surface area contributed by atoms with Crippen LogP contribution in [0.1, 0.15) is 0 Å². The van der Waals surface area contributed by atoms with E-state index >= 15 is 0 Å². The molecule has 0 bridgehead atoms. The predicted molar refractivity (Wildman–Crippen MR) is 106 cm³/mol. The van der Waals surface area contributed by atoms with Gasteiger partial charge in [-0.25, -0.2) is 15.0 Å². The lowest BCUT2D eigenvalue weighted by Gasteiger charge is -2.09. The lowest BCUT2D eigenvalue weighted by Crippen LogP contribution is -1.96. The number of thiazole rings is 1. The van der Waals surface area contributed by atoms with E-state index in [0.29, 0.717) is 0 Å². The zero-order chi connectivity index (χ0) is 17.3. The van der Waals surface area contributed by atoms with Gasteiger partial charge in [-0.3, -0.25) is 4.98 Å². The van der Waals surface area contributed by atoms with Crippen molar-refractivity contribution in [1.82, 2.24) is 19.9 Å². The van der Waals surface area contributed by atoms with Gasteiger partial charge in [-0.1, -0.05) is 12.1 Å². The molecule has 0 aliphatic rings.